The number of aromatic nitrogens is 2. The molecule has 0 saturated carbocycles. The molecule has 0 radical (unpaired) electrons. The molecule has 2 aromatic heterocycles. The van der Waals surface area contributed by atoms with Crippen LogP contribution in [-0.2, 0) is 22.5 Å². The Hall–Kier alpha value is -3.66. The van der Waals surface area contributed by atoms with E-state index < -0.39 is 0 Å². The van der Waals surface area contributed by atoms with Crippen molar-refractivity contribution in [1.82, 2.24) is 19.2 Å². The summed E-state index contributed by atoms with van der Waals surface area (Å²) in [7, 11) is 0. The molecule has 0 atom stereocenters. The van der Waals surface area contributed by atoms with Crippen LogP contribution in [0.1, 0.15) is 29.5 Å². The highest BCUT2D eigenvalue weighted by molar-refractivity contribution is 5.86. The fraction of sp³-hybridized carbons (Fsp3) is 0.481. The molecule has 3 aliphatic rings. The molecule has 3 aromatic rings. The SMILES string of the molecule is N#Cc1c2c(c(N3CCC(C#N)CC3)n3c1nc1ccccc13)CN(CC(=O)N1CCOCC1)CC2. The van der Waals surface area contributed by atoms with Crippen LogP contribution >= 0.6 is 0 Å². The number of rotatable bonds is 3. The van der Waals surface area contributed by atoms with E-state index in [-0.39, 0.29) is 11.8 Å². The average Bonchev–Trinajstić information content (AvgIpc) is 3.31. The van der Waals surface area contributed by atoms with Crippen molar-refractivity contribution in [3.63, 3.8) is 0 Å². The lowest BCUT2D eigenvalue weighted by molar-refractivity contribution is -0.136. The highest BCUT2D eigenvalue weighted by atomic mass is 16.5. The first-order chi connectivity index (χ1) is 17.7. The minimum absolute atomic E-state index is 0.0770. The summed E-state index contributed by atoms with van der Waals surface area (Å²) in [6.07, 6.45) is 2.34. The van der Waals surface area contributed by atoms with Crippen LogP contribution in [0, 0.1) is 28.6 Å². The molecule has 9 heteroatoms. The van der Waals surface area contributed by atoms with Gasteiger partial charge in [0.05, 0.1) is 42.4 Å². The number of imidazole rings is 1. The molecule has 184 valence electrons. The maximum Gasteiger partial charge on any atom is 0.236 e. The van der Waals surface area contributed by atoms with Gasteiger partial charge in [0, 0.05) is 50.7 Å². The third-order valence-corrected chi connectivity index (χ3v) is 7.80. The van der Waals surface area contributed by atoms with E-state index in [0.29, 0.717) is 57.0 Å². The van der Waals surface area contributed by atoms with Crippen LogP contribution in [-0.4, -0.2) is 77.6 Å². The largest absolute Gasteiger partial charge is 0.378 e. The summed E-state index contributed by atoms with van der Waals surface area (Å²) < 4.78 is 7.55. The molecule has 2 saturated heterocycles. The molecule has 1 aromatic carbocycles. The summed E-state index contributed by atoms with van der Waals surface area (Å²) >= 11 is 0. The molecule has 0 bridgehead atoms. The Labute approximate surface area is 210 Å². The lowest BCUT2D eigenvalue weighted by atomic mass is 9.93. The number of fused-ring (bicyclic) bond motifs is 4. The standard InChI is InChI=1S/C27H29N7O2/c28-15-19-5-9-33(10-6-19)27-22-17-31(18-25(35)32-11-13-36-14-12-32)8-7-20(22)21(16-29)26-30-23-3-1-2-4-24(23)34(26)27/h1-4,19H,5-14,17-18H2. The van der Waals surface area contributed by atoms with Crippen molar-refractivity contribution >= 4 is 28.4 Å². The number of anilines is 1. The van der Waals surface area contributed by atoms with Crippen molar-refractivity contribution in [3.05, 3.63) is 41.0 Å². The fourth-order valence-corrected chi connectivity index (χ4v) is 5.89. The normalized spacial score (nSPS) is 19.3. The summed E-state index contributed by atoms with van der Waals surface area (Å²) in [4.78, 5) is 24.4. The van der Waals surface area contributed by atoms with Gasteiger partial charge in [-0.1, -0.05) is 12.1 Å². The lowest BCUT2D eigenvalue weighted by Gasteiger charge is -2.38. The Bertz CT molecular complexity index is 1400. The first-order valence-electron chi connectivity index (χ1n) is 12.8. The fourth-order valence-electron chi connectivity index (χ4n) is 5.89. The van der Waals surface area contributed by atoms with Gasteiger partial charge in [0.15, 0.2) is 5.65 Å². The molecule has 0 aliphatic carbocycles. The molecular weight excluding hydrogens is 454 g/mol. The van der Waals surface area contributed by atoms with Gasteiger partial charge in [0.25, 0.3) is 0 Å². The number of nitrogens with zero attached hydrogens (tertiary/aromatic N) is 7. The lowest BCUT2D eigenvalue weighted by Crippen LogP contribution is -2.47. The van der Waals surface area contributed by atoms with E-state index >= 15 is 0 Å². The van der Waals surface area contributed by atoms with Crippen LogP contribution in [0.2, 0.25) is 0 Å². The second-order valence-corrected chi connectivity index (χ2v) is 9.87. The predicted octanol–water partition coefficient (Wildman–Crippen LogP) is 2.32. The van der Waals surface area contributed by atoms with Crippen molar-refractivity contribution in [2.45, 2.75) is 25.8 Å². The number of amides is 1. The van der Waals surface area contributed by atoms with E-state index in [2.05, 4.69) is 32.4 Å². The first-order valence-corrected chi connectivity index (χ1v) is 12.8. The molecule has 0 N–H and O–H groups in total. The van der Waals surface area contributed by atoms with Gasteiger partial charge in [-0.2, -0.15) is 10.5 Å². The number of benzene rings is 1. The zero-order valence-electron chi connectivity index (χ0n) is 20.3. The van der Waals surface area contributed by atoms with Crippen LogP contribution < -0.4 is 4.90 Å². The van der Waals surface area contributed by atoms with Gasteiger partial charge >= 0.3 is 0 Å². The van der Waals surface area contributed by atoms with Gasteiger partial charge in [-0.15, -0.1) is 0 Å². The molecule has 5 heterocycles. The number of piperidine rings is 1. The topological polar surface area (TPSA) is 101 Å². The highest BCUT2D eigenvalue weighted by Crippen LogP contribution is 2.38. The van der Waals surface area contributed by atoms with E-state index in [1.54, 1.807) is 0 Å². The molecular formula is C27H29N7O2. The van der Waals surface area contributed by atoms with E-state index in [9.17, 15) is 15.3 Å². The number of carbonyl (C=O) groups is 1. The summed E-state index contributed by atoms with van der Waals surface area (Å²) in [6, 6.07) is 12.9. The number of pyridine rings is 1. The zero-order chi connectivity index (χ0) is 24.6. The molecule has 9 nitrogen and oxygen atoms in total. The zero-order valence-corrected chi connectivity index (χ0v) is 20.3. The highest BCUT2D eigenvalue weighted by Gasteiger charge is 2.32. The van der Waals surface area contributed by atoms with Crippen molar-refractivity contribution in [2.24, 2.45) is 5.92 Å². The number of para-hydroxylation sites is 2. The Morgan fingerprint density at radius 2 is 1.83 bits per heavy atom. The summed E-state index contributed by atoms with van der Waals surface area (Å²) in [5.74, 6) is 1.27. The van der Waals surface area contributed by atoms with Gasteiger partial charge < -0.3 is 14.5 Å². The van der Waals surface area contributed by atoms with Crippen molar-refractivity contribution in [3.8, 4) is 12.1 Å². The smallest absolute Gasteiger partial charge is 0.236 e. The van der Waals surface area contributed by atoms with Crippen molar-refractivity contribution in [2.75, 3.05) is 57.4 Å². The van der Waals surface area contributed by atoms with Gasteiger partial charge in [-0.3, -0.25) is 14.1 Å². The summed E-state index contributed by atoms with van der Waals surface area (Å²) in [5, 5.41) is 19.7. The predicted molar refractivity (Wildman–Crippen MR) is 134 cm³/mol. The van der Waals surface area contributed by atoms with E-state index in [1.807, 2.05) is 23.1 Å². The van der Waals surface area contributed by atoms with Crippen molar-refractivity contribution < 1.29 is 9.53 Å². The second kappa shape index (κ2) is 9.42. The number of hydrogen-bond donors (Lipinski definition) is 0. The maximum atomic E-state index is 13.0. The molecule has 36 heavy (non-hydrogen) atoms. The van der Waals surface area contributed by atoms with Crippen LogP contribution in [0.3, 0.4) is 0 Å². The number of ether oxygens (including phenoxy) is 1. The number of hydrogen-bond acceptors (Lipinski definition) is 7. The molecule has 0 unspecified atom stereocenters. The molecule has 1 amide bonds. The van der Waals surface area contributed by atoms with Crippen molar-refractivity contribution in [1.29, 1.82) is 10.5 Å². The van der Waals surface area contributed by atoms with Crippen LogP contribution in [0.5, 0.6) is 0 Å². The molecule has 6 rings (SSSR count). The third kappa shape index (κ3) is 3.85. The Balaban J connectivity index is 1.45. The summed E-state index contributed by atoms with van der Waals surface area (Å²) in [6.45, 7) is 5.73. The van der Waals surface area contributed by atoms with Gasteiger partial charge in [-0.25, -0.2) is 4.98 Å². The molecule has 2 fully saturated rings. The van der Waals surface area contributed by atoms with Crippen LogP contribution in [0.4, 0.5) is 5.82 Å². The van der Waals surface area contributed by atoms with E-state index in [1.165, 1.54) is 0 Å². The monoisotopic (exact) mass is 483 g/mol. The van der Waals surface area contributed by atoms with Gasteiger partial charge in [0.1, 0.15) is 11.9 Å². The number of nitriles is 2. The first kappa shape index (κ1) is 22.8. The second-order valence-electron chi connectivity index (χ2n) is 9.87. The summed E-state index contributed by atoms with van der Waals surface area (Å²) in [5.41, 5.74) is 5.34. The average molecular weight is 484 g/mol. The van der Waals surface area contributed by atoms with E-state index in [0.717, 1.165) is 60.5 Å². The van der Waals surface area contributed by atoms with Gasteiger partial charge in [0.2, 0.25) is 5.91 Å². The van der Waals surface area contributed by atoms with E-state index in [4.69, 9.17) is 9.72 Å². The number of morpholine rings is 1. The van der Waals surface area contributed by atoms with Crippen LogP contribution in [0.15, 0.2) is 24.3 Å². The Morgan fingerprint density at radius 3 is 2.58 bits per heavy atom. The quantitative estimate of drug-likeness (QED) is 0.563. The third-order valence-electron chi connectivity index (χ3n) is 7.80. The molecule has 3 aliphatic heterocycles. The number of carbonyl (C=O) groups excluding carboxylic acids is 1. The molecule has 0 spiro atoms. The Kier molecular flexibility index (Phi) is 5.96. The maximum absolute atomic E-state index is 13.0. The minimum Gasteiger partial charge on any atom is -0.378 e. The van der Waals surface area contributed by atoms with Gasteiger partial charge in [-0.05, 0) is 37.0 Å². The Morgan fingerprint density at radius 1 is 1.06 bits per heavy atom. The minimum atomic E-state index is 0.0770. The van der Waals surface area contributed by atoms with Crippen LogP contribution in [0.25, 0.3) is 16.7 Å².